The summed E-state index contributed by atoms with van der Waals surface area (Å²) in [7, 11) is 0. The molecule has 56 valence electrons. The summed E-state index contributed by atoms with van der Waals surface area (Å²) in [6, 6.07) is 4.07. The molecular formula is C6H3ClFN3. The van der Waals surface area contributed by atoms with E-state index < -0.39 is 5.82 Å². The average molecular weight is 172 g/mol. The molecule has 0 saturated heterocycles. The van der Waals surface area contributed by atoms with E-state index in [1.54, 1.807) is 0 Å². The highest BCUT2D eigenvalue weighted by Gasteiger charge is 2.02. The topological polar surface area (TPSA) is 48.8 Å². The molecule has 0 spiro atoms. The van der Waals surface area contributed by atoms with Crippen LogP contribution in [-0.4, -0.2) is 0 Å². The molecule has 0 saturated carbocycles. The van der Waals surface area contributed by atoms with Gasteiger partial charge in [0.25, 0.3) is 0 Å². The van der Waals surface area contributed by atoms with E-state index in [0.717, 1.165) is 0 Å². The van der Waals surface area contributed by atoms with E-state index in [9.17, 15) is 4.39 Å². The Morgan fingerprint density at radius 2 is 2.27 bits per heavy atom. The third-order valence-corrected chi connectivity index (χ3v) is 1.39. The Bertz CT molecular complexity index is 299. The van der Waals surface area contributed by atoms with E-state index in [4.69, 9.17) is 17.1 Å². The van der Waals surface area contributed by atoms with Crippen molar-refractivity contribution in [1.82, 2.24) is 0 Å². The molecule has 0 radical (unpaired) electrons. The average Bonchev–Trinajstić information content (AvgIpc) is 1.97. The summed E-state index contributed by atoms with van der Waals surface area (Å²) in [5.41, 5.74) is 7.85. The van der Waals surface area contributed by atoms with Gasteiger partial charge in [0.05, 0.1) is 10.7 Å². The summed E-state index contributed by atoms with van der Waals surface area (Å²) in [6.07, 6.45) is 0. The smallest absolute Gasteiger partial charge is 0.134 e. The molecule has 0 fully saturated rings. The maximum atomic E-state index is 12.7. The second-order valence-corrected chi connectivity index (χ2v) is 2.17. The highest BCUT2D eigenvalue weighted by atomic mass is 35.5. The minimum absolute atomic E-state index is 0.114. The molecule has 0 aromatic heterocycles. The molecule has 5 heteroatoms. The molecule has 0 amide bonds. The van der Waals surface area contributed by atoms with Crippen LogP contribution in [0.2, 0.25) is 5.02 Å². The van der Waals surface area contributed by atoms with Crippen LogP contribution in [0.15, 0.2) is 23.3 Å². The van der Waals surface area contributed by atoms with Crippen molar-refractivity contribution in [3.8, 4) is 0 Å². The van der Waals surface area contributed by atoms with Crippen LogP contribution in [0.5, 0.6) is 0 Å². The minimum Gasteiger partial charge on any atom is -0.206 e. The van der Waals surface area contributed by atoms with E-state index >= 15 is 0 Å². The van der Waals surface area contributed by atoms with Crippen molar-refractivity contribution in [2.45, 2.75) is 0 Å². The Morgan fingerprint density at radius 1 is 1.55 bits per heavy atom. The van der Waals surface area contributed by atoms with Gasteiger partial charge < -0.3 is 0 Å². The molecule has 1 aromatic carbocycles. The van der Waals surface area contributed by atoms with E-state index in [2.05, 4.69) is 10.0 Å². The molecular weight excluding hydrogens is 169 g/mol. The summed E-state index contributed by atoms with van der Waals surface area (Å²) < 4.78 is 12.7. The fourth-order valence-electron chi connectivity index (χ4n) is 0.629. The van der Waals surface area contributed by atoms with Crippen LogP contribution in [-0.2, 0) is 0 Å². The molecule has 0 heterocycles. The Balaban J connectivity index is 3.31. The molecule has 0 bridgehead atoms. The first-order valence-corrected chi connectivity index (χ1v) is 3.12. The van der Waals surface area contributed by atoms with E-state index in [1.165, 1.54) is 18.2 Å². The van der Waals surface area contributed by atoms with Crippen molar-refractivity contribution < 1.29 is 4.39 Å². The molecule has 0 aliphatic heterocycles. The molecule has 1 rings (SSSR count). The predicted molar refractivity (Wildman–Crippen MR) is 40.2 cm³/mol. The van der Waals surface area contributed by atoms with E-state index in [1.807, 2.05) is 0 Å². The fourth-order valence-corrected chi connectivity index (χ4v) is 0.830. The zero-order valence-corrected chi connectivity index (χ0v) is 6.09. The number of hydrogen-bond acceptors (Lipinski definition) is 1. The third-order valence-electron chi connectivity index (χ3n) is 1.08. The van der Waals surface area contributed by atoms with Crippen LogP contribution in [0.4, 0.5) is 10.1 Å². The Morgan fingerprint density at radius 3 is 2.82 bits per heavy atom. The summed E-state index contributed by atoms with van der Waals surface area (Å²) in [4.78, 5) is 2.43. The lowest BCUT2D eigenvalue weighted by atomic mass is 10.3. The number of azide groups is 1. The van der Waals surface area contributed by atoms with Crippen molar-refractivity contribution in [3.05, 3.63) is 39.5 Å². The maximum absolute atomic E-state index is 12.7. The van der Waals surface area contributed by atoms with Gasteiger partial charge in [-0.2, -0.15) is 0 Å². The Hall–Kier alpha value is -1.25. The Kier molecular flexibility index (Phi) is 2.31. The largest absolute Gasteiger partial charge is 0.206 e. The van der Waals surface area contributed by atoms with Gasteiger partial charge >= 0.3 is 0 Å². The SMILES string of the molecule is [N-]=[N+]=Nc1c(F)cccc1Cl. The van der Waals surface area contributed by atoms with Gasteiger partial charge in [0.2, 0.25) is 0 Å². The van der Waals surface area contributed by atoms with Crippen LogP contribution in [0, 0.1) is 5.82 Å². The van der Waals surface area contributed by atoms with Crippen LogP contribution in [0.1, 0.15) is 0 Å². The molecule has 0 aliphatic rings. The molecule has 0 N–H and O–H groups in total. The van der Waals surface area contributed by atoms with E-state index in [0.29, 0.717) is 0 Å². The molecule has 11 heavy (non-hydrogen) atoms. The van der Waals surface area contributed by atoms with Gasteiger partial charge in [-0.1, -0.05) is 22.8 Å². The van der Waals surface area contributed by atoms with Gasteiger partial charge in [0.1, 0.15) is 5.82 Å². The van der Waals surface area contributed by atoms with Crippen LogP contribution < -0.4 is 0 Å². The maximum Gasteiger partial charge on any atom is 0.134 e. The molecule has 1 aromatic rings. The summed E-state index contributed by atoms with van der Waals surface area (Å²) in [6.45, 7) is 0. The highest BCUT2D eigenvalue weighted by Crippen LogP contribution is 2.27. The van der Waals surface area contributed by atoms with Crippen LogP contribution in [0.25, 0.3) is 10.4 Å². The second kappa shape index (κ2) is 3.23. The lowest BCUT2D eigenvalue weighted by Gasteiger charge is -1.95. The quantitative estimate of drug-likeness (QED) is 0.353. The standard InChI is InChI=1S/C6H3ClFN3/c7-4-2-1-3-5(8)6(4)10-11-9/h1-3H. The molecule has 3 nitrogen and oxygen atoms in total. The number of rotatable bonds is 1. The zero-order chi connectivity index (χ0) is 8.27. The number of benzene rings is 1. The second-order valence-electron chi connectivity index (χ2n) is 1.76. The van der Waals surface area contributed by atoms with Gasteiger partial charge in [-0.3, -0.25) is 0 Å². The highest BCUT2D eigenvalue weighted by molar-refractivity contribution is 6.32. The summed E-state index contributed by atoms with van der Waals surface area (Å²) in [5, 5.41) is 3.19. The summed E-state index contributed by atoms with van der Waals surface area (Å²) in [5.74, 6) is -0.615. The van der Waals surface area contributed by atoms with Crippen LogP contribution >= 0.6 is 11.6 Å². The fraction of sp³-hybridized carbons (Fsp3) is 0. The normalized spacial score (nSPS) is 8.91. The van der Waals surface area contributed by atoms with Crippen molar-refractivity contribution in [1.29, 1.82) is 0 Å². The first-order valence-electron chi connectivity index (χ1n) is 2.75. The summed E-state index contributed by atoms with van der Waals surface area (Å²) >= 11 is 5.50. The first-order chi connectivity index (χ1) is 5.25. The third kappa shape index (κ3) is 1.61. The van der Waals surface area contributed by atoms with Crippen molar-refractivity contribution in [3.63, 3.8) is 0 Å². The number of nitrogens with zero attached hydrogens (tertiary/aromatic N) is 3. The molecule has 0 atom stereocenters. The van der Waals surface area contributed by atoms with E-state index in [-0.39, 0.29) is 10.7 Å². The van der Waals surface area contributed by atoms with Gasteiger partial charge in [-0.15, -0.1) is 0 Å². The molecule has 0 unspecified atom stereocenters. The first kappa shape index (κ1) is 7.85. The minimum atomic E-state index is -0.615. The van der Waals surface area contributed by atoms with Crippen molar-refractivity contribution in [2.24, 2.45) is 5.11 Å². The van der Waals surface area contributed by atoms with Crippen molar-refractivity contribution in [2.75, 3.05) is 0 Å². The molecule has 0 aliphatic carbocycles. The van der Waals surface area contributed by atoms with Gasteiger partial charge in [-0.05, 0) is 17.7 Å². The monoisotopic (exact) mass is 171 g/mol. The zero-order valence-electron chi connectivity index (χ0n) is 5.33. The van der Waals surface area contributed by atoms with Crippen LogP contribution in [0.3, 0.4) is 0 Å². The lowest BCUT2D eigenvalue weighted by molar-refractivity contribution is 0.629. The van der Waals surface area contributed by atoms with Gasteiger partial charge in [0, 0.05) is 4.91 Å². The Labute approximate surface area is 67.0 Å². The van der Waals surface area contributed by atoms with Crippen molar-refractivity contribution >= 4 is 17.3 Å². The number of halogens is 2. The predicted octanol–water partition coefficient (Wildman–Crippen LogP) is 3.42. The lowest BCUT2D eigenvalue weighted by Crippen LogP contribution is -1.73. The van der Waals surface area contributed by atoms with Gasteiger partial charge in [-0.25, -0.2) is 4.39 Å². The number of hydrogen-bond donors (Lipinski definition) is 0. The van der Waals surface area contributed by atoms with Gasteiger partial charge in [0.15, 0.2) is 0 Å².